The Hall–Kier alpha value is -2.44. The van der Waals surface area contributed by atoms with E-state index in [1.165, 1.54) is 10.4 Å². The molecule has 0 saturated heterocycles. The lowest BCUT2D eigenvalue weighted by Crippen LogP contribution is -2.28. The van der Waals surface area contributed by atoms with Gasteiger partial charge < -0.3 is 10.1 Å². The number of para-hydroxylation sites is 1. The molecule has 3 heterocycles. The zero-order valence-corrected chi connectivity index (χ0v) is 15.2. The smallest absolute Gasteiger partial charge is 0.223 e. The van der Waals surface area contributed by atoms with Crippen LogP contribution in [0.15, 0.2) is 54.2 Å². The summed E-state index contributed by atoms with van der Waals surface area (Å²) in [5.41, 5.74) is 3.46. The summed E-state index contributed by atoms with van der Waals surface area (Å²) in [7, 11) is 0. The van der Waals surface area contributed by atoms with Crippen LogP contribution in [-0.4, -0.2) is 28.8 Å². The highest BCUT2D eigenvalue weighted by Gasteiger charge is 2.24. The Kier molecular flexibility index (Phi) is 5.13. The van der Waals surface area contributed by atoms with E-state index in [0.29, 0.717) is 19.6 Å². The van der Waals surface area contributed by atoms with Crippen molar-refractivity contribution in [2.24, 2.45) is 0 Å². The second-order valence-corrected chi connectivity index (χ2v) is 7.30. The first-order valence-corrected chi connectivity index (χ1v) is 9.71. The van der Waals surface area contributed by atoms with E-state index in [1.807, 2.05) is 47.4 Å². The molecule has 0 bridgehead atoms. The number of carbonyl (C=O) groups is 1. The maximum Gasteiger partial charge on any atom is 0.223 e. The monoisotopic (exact) mass is 367 g/mol. The normalized spacial score (nSPS) is 16.2. The number of ether oxygens (including phenoxy) is 1. The number of aromatic nitrogens is 2. The Morgan fingerprint density at radius 3 is 3.08 bits per heavy atom. The van der Waals surface area contributed by atoms with Crippen molar-refractivity contribution in [3.05, 3.63) is 70.2 Å². The molecule has 0 aliphatic carbocycles. The van der Waals surface area contributed by atoms with E-state index in [4.69, 9.17) is 4.74 Å². The van der Waals surface area contributed by atoms with Crippen molar-refractivity contribution in [3.63, 3.8) is 0 Å². The highest BCUT2D eigenvalue weighted by Crippen LogP contribution is 2.33. The number of rotatable bonds is 6. The van der Waals surface area contributed by atoms with E-state index in [2.05, 4.69) is 21.9 Å². The van der Waals surface area contributed by atoms with Gasteiger partial charge in [-0.25, -0.2) is 4.68 Å². The fraction of sp³-hybridized carbons (Fsp3) is 0.300. The molecule has 4 rings (SSSR count). The number of amides is 1. The number of fused-ring (bicyclic) bond motifs is 1. The van der Waals surface area contributed by atoms with Gasteiger partial charge in [0.05, 0.1) is 24.9 Å². The van der Waals surface area contributed by atoms with Crippen LogP contribution in [0.5, 0.6) is 0 Å². The lowest BCUT2D eigenvalue weighted by atomic mass is 10.1. The molecule has 134 valence electrons. The standard InChI is InChI=1S/C20H21N3O2S/c24-19(12-18-20-16(7-10-25-18)8-11-26-20)21-9-6-15-13-22-23(14-15)17-4-2-1-3-5-17/h1-5,8,11,13-14,18H,6-7,9-10,12H2,(H,21,24). The quantitative estimate of drug-likeness (QED) is 0.727. The van der Waals surface area contributed by atoms with Gasteiger partial charge in [0, 0.05) is 17.6 Å². The summed E-state index contributed by atoms with van der Waals surface area (Å²) in [6.45, 7) is 1.30. The van der Waals surface area contributed by atoms with E-state index in [9.17, 15) is 4.79 Å². The molecule has 0 fully saturated rings. The third-order valence-corrected chi connectivity index (χ3v) is 5.58. The molecule has 0 saturated carbocycles. The molecule has 26 heavy (non-hydrogen) atoms. The summed E-state index contributed by atoms with van der Waals surface area (Å²) in [5.74, 6) is 0.0340. The number of hydrogen-bond acceptors (Lipinski definition) is 4. The Morgan fingerprint density at radius 1 is 1.31 bits per heavy atom. The van der Waals surface area contributed by atoms with Gasteiger partial charge in [0.25, 0.3) is 0 Å². The highest BCUT2D eigenvalue weighted by atomic mass is 32.1. The zero-order chi connectivity index (χ0) is 17.8. The second kappa shape index (κ2) is 7.85. The molecule has 1 unspecified atom stereocenters. The molecule has 1 aromatic carbocycles. The lowest BCUT2D eigenvalue weighted by molar-refractivity contribution is -0.124. The van der Waals surface area contributed by atoms with Crippen molar-refractivity contribution in [1.82, 2.24) is 15.1 Å². The largest absolute Gasteiger partial charge is 0.372 e. The van der Waals surface area contributed by atoms with Gasteiger partial charge in [-0.1, -0.05) is 18.2 Å². The van der Waals surface area contributed by atoms with E-state index in [1.54, 1.807) is 11.3 Å². The topological polar surface area (TPSA) is 56.1 Å². The Bertz CT molecular complexity index is 872. The fourth-order valence-corrected chi connectivity index (χ4v) is 4.18. The summed E-state index contributed by atoms with van der Waals surface area (Å²) in [6, 6.07) is 12.1. The van der Waals surface area contributed by atoms with Gasteiger partial charge in [0.1, 0.15) is 6.10 Å². The molecule has 2 aromatic heterocycles. The van der Waals surface area contributed by atoms with E-state index in [-0.39, 0.29) is 12.0 Å². The summed E-state index contributed by atoms with van der Waals surface area (Å²) in [4.78, 5) is 13.5. The predicted octanol–water partition coefficient (Wildman–Crippen LogP) is 3.30. The fourth-order valence-electron chi connectivity index (χ4n) is 3.17. The van der Waals surface area contributed by atoms with Gasteiger partial charge in [0.15, 0.2) is 0 Å². The van der Waals surface area contributed by atoms with Crippen LogP contribution in [0.2, 0.25) is 0 Å². The maximum atomic E-state index is 12.3. The SMILES string of the molecule is O=C(CC1OCCc2ccsc21)NCCc1cnn(-c2ccccc2)c1. The average molecular weight is 367 g/mol. The molecule has 3 aromatic rings. The van der Waals surface area contributed by atoms with Crippen LogP contribution >= 0.6 is 11.3 Å². The molecule has 1 aliphatic rings. The minimum absolute atomic E-state index is 0.0340. The molecule has 1 aliphatic heterocycles. The van der Waals surface area contributed by atoms with Crippen molar-refractivity contribution in [1.29, 1.82) is 0 Å². The van der Waals surface area contributed by atoms with Gasteiger partial charge in [-0.2, -0.15) is 5.10 Å². The first kappa shape index (κ1) is 17.0. The van der Waals surface area contributed by atoms with E-state index in [0.717, 1.165) is 24.1 Å². The molecule has 5 nitrogen and oxygen atoms in total. The van der Waals surface area contributed by atoms with Gasteiger partial charge in [0.2, 0.25) is 5.91 Å². The minimum atomic E-state index is -0.0976. The van der Waals surface area contributed by atoms with Gasteiger partial charge >= 0.3 is 0 Å². The summed E-state index contributed by atoms with van der Waals surface area (Å²) in [6.07, 6.45) is 5.85. The van der Waals surface area contributed by atoms with Crippen LogP contribution in [-0.2, 0) is 22.4 Å². The van der Waals surface area contributed by atoms with Crippen LogP contribution in [0.25, 0.3) is 5.69 Å². The van der Waals surface area contributed by atoms with Crippen LogP contribution in [0, 0.1) is 0 Å². The predicted molar refractivity (Wildman–Crippen MR) is 102 cm³/mol. The molecule has 0 radical (unpaired) electrons. The number of carbonyl (C=O) groups excluding carboxylic acids is 1. The maximum absolute atomic E-state index is 12.3. The van der Waals surface area contributed by atoms with Gasteiger partial charge in [-0.05, 0) is 47.5 Å². The first-order chi connectivity index (χ1) is 12.8. The van der Waals surface area contributed by atoms with Gasteiger partial charge in [-0.15, -0.1) is 11.3 Å². The molecular formula is C20H21N3O2S. The highest BCUT2D eigenvalue weighted by molar-refractivity contribution is 7.10. The lowest BCUT2D eigenvalue weighted by Gasteiger charge is -2.22. The minimum Gasteiger partial charge on any atom is -0.372 e. The second-order valence-electron chi connectivity index (χ2n) is 6.35. The summed E-state index contributed by atoms with van der Waals surface area (Å²) < 4.78 is 7.64. The molecule has 1 amide bonds. The van der Waals surface area contributed by atoms with Crippen molar-refractivity contribution in [2.45, 2.75) is 25.4 Å². The molecule has 6 heteroatoms. The summed E-state index contributed by atoms with van der Waals surface area (Å²) >= 11 is 1.68. The zero-order valence-electron chi connectivity index (χ0n) is 14.4. The van der Waals surface area contributed by atoms with Crippen LogP contribution in [0.1, 0.15) is 28.5 Å². The Morgan fingerprint density at radius 2 is 2.19 bits per heavy atom. The number of nitrogens with zero attached hydrogens (tertiary/aromatic N) is 2. The third kappa shape index (κ3) is 3.86. The van der Waals surface area contributed by atoms with Crippen LogP contribution in [0.3, 0.4) is 0 Å². The Balaban J connectivity index is 1.27. The molecular weight excluding hydrogens is 346 g/mol. The number of benzene rings is 1. The molecule has 0 spiro atoms. The first-order valence-electron chi connectivity index (χ1n) is 8.83. The van der Waals surface area contributed by atoms with E-state index >= 15 is 0 Å². The average Bonchev–Trinajstić information content (AvgIpc) is 3.32. The van der Waals surface area contributed by atoms with Crippen molar-refractivity contribution in [3.8, 4) is 5.69 Å². The Labute approximate surface area is 156 Å². The van der Waals surface area contributed by atoms with E-state index < -0.39 is 0 Å². The molecule has 1 N–H and O–H groups in total. The van der Waals surface area contributed by atoms with Crippen LogP contribution < -0.4 is 5.32 Å². The number of nitrogens with one attached hydrogen (secondary N) is 1. The van der Waals surface area contributed by atoms with Gasteiger partial charge in [-0.3, -0.25) is 4.79 Å². The van der Waals surface area contributed by atoms with Crippen molar-refractivity contribution >= 4 is 17.2 Å². The van der Waals surface area contributed by atoms with Crippen molar-refractivity contribution < 1.29 is 9.53 Å². The third-order valence-electron chi connectivity index (χ3n) is 4.53. The van der Waals surface area contributed by atoms with Crippen LogP contribution in [0.4, 0.5) is 0 Å². The number of thiophene rings is 1. The molecule has 1 atom stereocenters. The van der Waals surface area contributed by atoms with Crippen molar-refractivity contribution in [2.75, 3.05) is 13.2 Å². The number of hydrogen-bond donors (Lipinski definition) is 1. The summed E-state index contributed by atoms with van der Waals surface area (Å²) in [5, 5.41) is 9.46.